The number of carbonyl (C=O) groups excluding carboxylic acids is 1. The number of rotatable bonds is 9. The number of halogens is 1. The van der Waals surface area contributed by atoms with Gasteiger partial charge in [0.1, 0.15) is 0 Å². The van der Waals surface area contributed by atoms with Crippen molar-refractivity contribution in [3.05, 3.63) is 93.4 Å². The van der Waals surface area contributed by atoms with Gasteiger partial charge in [0.2, 0.25) is 5.91 Å². The van der Waals surface area contributed by atoms with Crippen molar-refractivity contribution in [2.75, 3.05) is 5.75 Å². The van der Waals surface area contributed by atoms with E-state index in [0.29, 0.717) is 29.0 Å². The van der Waals surface area contributed by atoms with Gasteiger partial charge in [0.25, 0.3) is 15.6 Å². The molecule has 0 radical (unpaired) electrons. The van der Waals surface area contributed by atoms with Crippen LogP contribution in [0.2, 0.25) is 0 Å². The molecule has 0 saturated carbocycles. The van der Waals surface area contributed by atoms with Crippen LogP contribution in [0.15, 0.2) is 92.2 Å². The summed E-state index contributed by atoms with van der Waals surface area (Å²) in [6, 6.07) is 18.5. The number of carbonyl (C=O) groups is 1. The van der Waals surface area contributed by atoms with E-state index in [4.69, 9.17) is 0 Å². The zero-order chi connectivity index (χ0) is 24.8. The van der Waals surface area contributed by atoms with E-state index in [9.17, 15) is 18.0 Å². The number of sulfonamides is 1. The molecule has 2 N–H and O–H groups in total. The van der Waals surface area contributed by atoms with Gasteiger partial charge in [-0.1, -0.05) is 45.9 Å². The highest BCUT2D eigenvalue weighted by Crippen LogP contribution is 2.18. The van der Waals surface area contributed by atoms with Gasteiger partial charge in [0.15, 0.2) is 5.16 Å². The van der Waals surface area contributed by atoms with Gasteiger partial charge >= 0.3 is 0 Å². The van der Waals surface area contributed by atoms with Crippen molar-refractivity contribution in [1.82, 2.24) is 24.8 Å². The topological polar surface area (TPSA) is 123 Å². The van der Waals surface area contributed by atoms with E-state index in [2.05, 4.69) is 36.2 Å². The number of nitrogens with zero attached hydrogens (tertiary/aromatic N) is 3. The number of para-hydroxylation sites is 1. The number of thioether (sulfide) groups is 1. The van der Waals surface area contributed by atoms with Crippen molar-refractivity contribution >= 4 is 54.5 Å². The molecular formula is C23H20BrN5O4S2. The predicted molar refractivity (Wildman–Crippen MR) is 137 cm³/mol. The zero-order valence-electron chi connectivity index (χ0n) is 18.2. The van der Waals surface area contributed by atoms with Crippen molar-refractivity contribution in [1.29, 1.82) is 0 Å². The number of aromatic nitrogens is 3. The molecule has 2 heterocycles. The summed E-state index contributed by atoms with van der Waals surface area (Å²) >= 11 is 4.29. The Balaban J connectivity index is 1.48. The predicted octanol–water partition coefficient (Wildman–Crippen LogP) is 2.90. The van der Waals surface area contributed by atoms with E-state index in [1.54, 1.807) is 42.6 Å². The molecular weight excluding hydrogens is 554 g/mol. The minimum Gasteiger partial charge on any atom is -0.287 e. The number of amides is 1. The number of nitrogens with one attached hydrogen (secondary N) is 2. The molecule has 35 heavy (non-hydrogen) atoms. The van der Waals surface area contributed by atoms with Crippen molar-refractivity contribution in [3.8, 4) is 0 Å². The Morgan fingerprint density at radius 1 is 1.03 bits per heavy atom. The van der Waals surface area contributed by atoms with Gasteiger partial charge in [-0.3, -0.25) is 24.6 Å². The molecule has 0 aliphatic heterocycles. The number of hydrogen-bond acceptors (Lipinski definition) is 7. The number of hydrogen-bond donors (Lipinski definition) is 2. The maximum absolute atomic E-state index is 13.1. The number of fused-ring (bicyclic) bond motifs is 1. The molecule has 0 spiro atoms. The van der Waals surface area contributed by atoms with E-state index in [-0.39, 0.29) is 16.2 Å². The van der Waals surface area contributed by atoms with Crippen LogP contribution in [0.1, 0.15) is 5.69 Å². The molecule has 0 saturated heterocycles. The Kier molecular flexibility index (Phi) is 7.96. The fourth-order valence-electron chi connectivity index (χ4n) is 3.19. The van der Waals surface area contributed by atoms with Gasteiger partial charge < -0.3 is 0 Å². The third kappa shape index (κ3) is 6.34. The second-order valence-corrected chi connectivity index (χ2v) is 10.9. The highest BCUT2D eigenvalue weighted by molar-refractivity contribution is 9.10. The lowest BCUT2D eigenvalue weighted by molar-refractivity contribution is -0.119. The lowest BCUT2D eigenvalue weighted by Crippen LogP contribution is -2.42. The second kappa shape index (κ2) is 11.1. The fraction of sp³-hybridized carbons (Fsp3) is 0.130. The zero-order valence-corrected chi connectivity index (χ0v) is 21.4. The smallest absolute Gasteiger partial charge is 0.262 e. The maximum Gasteiger partial charge on any atom is 0.262 e. The summed E-state index contributed by atoms with van der Waals surface area (Å²) in [5, 5.41) is 0.833. The molecule has 0 aliphatic rings. The molecule has 4 aromatic rings. The summed E-state index contributed by atoms with van der Waals surface area (Å²) in [5.74, 6) is -0.744. The summed E-state index contributed by atoms with van der Waals surface area (Å²) in [6.45, 7) is 0.327. The molecule has 12 heteroatoms. The minimum absolute atomic E-state index is 0.00760. The summed E-state index contributed by atoms with van der Waals surface area (Å²) in [7, 11) is -3.93. The van der Waals surface area contributed by atoms with Crippen LogP contribution in [0.4, 0.5) is 0 Å². The molecule has 1 amide bonds. The third-order valence-electron chi connectivity index (χ3n) is 4.93. The van der Waals surface area contributed by atoms with Crippen LogP contribution in [0.3, 0.4) is 0 Å². The first-order valence-corrected chi connectivity index (χ1v) is 13.7. The molecule has 4 rings (SSSR count). The van der Waals surface area contributed by atoms with Crippen LogP contribution >= 0.6 is 27.7 Å². The Labute approximate surface area is 214 Å². The molecule has 0 aliphatic carbocycles. The van der Waals surface area contributed by atoms with Crippen molar-refractivity contribution in [3.63, 3.8) is 0 Å². The van der Waals surface area contributed by atoms with E-state index in [1.165, 1.54) is 16.7 Å². The van der Waals surface area contributed by atoms with Gasteiger partial charge in [-0.2, -0.15) is 0 Å². The standard InChI is InChI=1S/C23H20BrN5O4S2/c24-16-8-10-18(11-9-16)35(32,33)28-27-21(30)15-34-23-26-20-7-2-1-6-19(20)22(31)29(23)14-12-17-5-3-4-13-25-17/h1-11,13,28H,12,14-15H2,(H,27,30). The number of pyridine rings is 1. The highest BCUT2D eigenvalue weighted by Gasteiger charge is 2.17. The normalized spacial score (nSPS) is 11.5. The average molecular weight is 574 g/mol. The first-order chi connectivity index (χ1) is 16.8. The Hall–Kier alpha value is -3.06. The van der Waals surface area contributed by atoms with E-state index in [0.717, 1.165) is 21.9 Å². The minimum atomic E-state index is -3.93. The molecule has 0 atom stereocenters. The summed E-state index contributed by atoms with van der Waals surface area (Å²) in [6.07, 6.45) is 2.19. The number of hydrazine groups is 1. The Morgan fingerprint density at radius 2 is 1.77 bits per heavy atom. The Bertz CT molecular complexity index is 1510. The molecule has 2 aromatic carbocycles. The third-order valence-corrected chi connectivity index (χ3v) is 7.69. The summed E-state index contributed by atoms with van der Waals surface area (Å²) < 4.78 is 27.0. The van der Waals surface area contributed by atoms with Gasteiger partial charge in [-0.15, -0.1) is 4.83 Å². The SMILES string of the molecule is O=C(CSc1nc2ccccc2c(=O)n1CCc1ccccn1)NNS(=O)(=O)c1ccc(Br)cc1. The van der Waals surface area contributed by atoms with E-state index < -0.39 is 15.9 Å². The molecule has 0 unspecified atom stereocenters. The lowest BCUT2D eigenvalue weighted by Gasteiger charge is -2.13. The van der Waals surface area contributed by atoms with Crippen LogP contribution in [0, 0.1) is 0 Å². The van der Waals surface area contributed by atoms with Gasteiger partial charge in [0, 0.05) is 29.3 Å². The fourth-order valence-corrected chi connectivity index (χ4v) is 5.14. The Morgan fingerprint density at radius 3 is 2.51 bits per heavy atom. The monoisotopic (exact) mass is 573 g/mol. The highest BCUT2D eigenvalue weighted by atomic mass is 79.9. The first-order valence-electron chi connectivity index (χ1n) is 10.4. The lowest BCUT2D eigenvalue weighted by atomic mass is 10.2. The van der Waals surface area contributed by atoms with Crippen LogP contribution in [-0.4, -0.2) is 34.6 Å². The number of benzene rings is 2. The quantitative estimate of drug-likeness (QED) is 0.179. The van der Waals surface area contributed by atoms with Gasteiger partial charge in [-0.05, 0) is 48.5 Å². The van der Waals surface area contributed by atoms with E-state index in [1.807, 2.05) is 18.2 Å². The summed E-state index contributed by atoms with van der Waals surface area (Å²) in [5.41, 5.74) is 3.33. The maximum atomic E-state index is 13.1. The largest absolute Gasteiger partial charge is 0.287 e. The van der Waals surface area contributed by atoms with Crippen molar-refractivity contribution in [2.45, 2.75) is 23.0 Å². The average Bonchev–Trinajstić information content (AvgIpc) is 2.87. The van der Waals surface area contributed by atoms with Gasteiger partial charge in [0.05, 0.1) is 21.6 Å². The van der Waals surface area contributed by atoms with Crippen LogP contribution < -0.4 is 15.8 Å². The molecule has 2 aromatic heterocycles. The molecule has 180 valence electrons. The van der Waals surface area contributed by atoms with Crippen LogP contribution in [-0.2, 0) is 27.8 Å². The number of aryl methyl sites for hydroxylation is 1. The molecule has 0 fully saturated rings. The van der Waals surface area contributed by atoms with Crippen LogP contribution in [0.5, 0.6) is 0 Å². The van der Waals surface area contributed by atoms with E-state index >= 15 is 0 Å². The van der Waals surface area contributed by atoms with Gasteiger partial charge in [-0.25, -0.2) is 13.4 Å². The van der Waals surface area contributed by atoms with Crippen molar-refractivity contribution in [2.24, 2.45) is 0 Å². The first kappa shape index (κ1) is 25.0. The van der Waals surface area contributed by atoms with Crippen molar-refractivity contribution < 1.29 is 13.2 Å². The molecule has 0 bridgehead atoms. The second-order valence-electron chi connectivity index (χ2n) is 7.34. The summed E-state index contributed by atoms with van der Waals surface area (Å²) in [4.78, 5) is 36.5. The molecule has 9 nitrogen and oxygen atoms in total. The van der Waals surface area contributed by atoms with Crippen LogP contribution in [0.25, 0.3) is 10.9 Å².